The van der Waals surface area contributed by atoms with Gasteiger partial charge in [0.15, 0.2) is 5.78 Å². The van der Waals surface area contributed by atoms with Crippen LogP contribution in [0.15, 0.2) is 36.4 Å². The molecule has 5 nitrogen and oxygen atoms in total. The van der Waals surface area contributed by atoms with Crippen molar-refractivity contribution in [3.8, 4) is 11.5 Å². The Balaban J connectivity index is 2.68. The Morgan fingerprint density at radius 1 is 1.07 bits per heavy atom. The molecule has 148 valence electrons. The lowest BCUT2D eigenvalue weighted by molar-refractivity contribution is 0.0691. The van der Waals surface area contributed by atoms with E-state index in [-0.39, 0.29) is 28.5 Å². The Labute approximate surface area is 165 Å². The normalized spacial score (nSPS) is 11.9. The highest BCUT2D eigenvalue weighted by Gasteiger charge is 2.28. The smallest absolute Gasteiger partial charge is 0.339 e. The van der Waals surface area contributed by atoms with E-state index in [4.69, 9.17) is 0 Å². The van der Waals surface area contributed by atoms with E-state index < -0.39 is 17.2 Å². The van der Waals surface area contributed by atoms with Crippen molar-refractivity contribution < 1.29 is 24.9 Å². The summed E-state index contributed by atoms with van der Waals surface area (Å²) in [7, 11) is 0. The number of hydrogen-bond donors (Lipinski definition) is 3. The molecule has 0 saturated carbocycles. The van der Waals surface area contributed by atoms with Crippen LogP contribution in [0.2, 0.25) is 0 Å². The van der Waals surface area contributed by atoms with Gasteiger partial charge in [-0.15, -0.1) is 0 Å². The summed E-state index contributed by atoms with van der Waals surface area (Å²) in [6.07, 6.45) is 2.86. The average Bonchev–Trinajstić information content (AvgIpc) is 2.58. The van der Waals surface area contributed by atoms with Crippen LogP contribution in [0.3, 0.4) is 0 Å². The van der Waals surface area contributed by atoms with E-state index >= 15 is 0 Å². The third kappa shape index (κ3) is 4.25. The van der Waals surface area contributed by atoms with Gasteiger partial charge in [-0.3, -0.25) is 4.79 Å². The van der Waals surface area contributed by atoms with Crippen molar-refractivity contribution in [2.45, 2.75) is 46.0 Å². The van der Waals surface area contributed by atoms with Crippen molar-refractivity contribution in [1.82, 2.24) is 0 Å². The first-order valence-electron chi connectivity index (χ1n) is 9.09. The lowest BCUT2D eigenvalue weighted by Gasteiger charge is -2.25. The third-order valence-electron chi connectivity index (χ3n) is 4.56. The van der Waals surface area contributed by atoms with Crippen LogP contribution in [0.25, 0.3) is 6.08 Å². The minimum atomic E-state index is -1.21. The summed E-state index contributed by atoms with van der Waals surface area (Å²) in [5.41, 5.74) is 1.03. The quantitative estimate of drug-likeness (QED) is 0.493. The topological polar surface area (TPSA) is 94.8 Å². The second-order valence-electron chi connectivity index (χ2n) is 8.08. The molecule has 0 fully saturated rings. The number of aromatic carboxylic acids is 1. The van der Waals surface area contributed by atoms with Gasteiger partial charge in [0.05, 0.1) is 5.56 Å². The molecule has 0 heterocycles. The van der Waals surface area contributed by atoms with Crippen molar-refractivity contribution in [2.75, 3.05) is 0 Å². The van der Waals surface area contributed by atoms with Crippen LogP contribution < -0.4 is 0 Å². The molecule has 5 heteroatoms. The zero-order chi connectivity index (χ0) is 21.2. The summed E-state index contributed by atoms with van der Waals surface area (Å²) < 4.78 is 0. The van der Waals surface area contributed by atoms with Crippen molar-refractivity contribution in [3.05, 3.63) is 64.2 Å². The number of rotatable bonds is 5. The van der Waals surface area contributed by atoms with Gasteiger partial charge >= 0.3 is 5.97 Å². The number of benzene rings is 2. The Kier molecular flexibility index (Phi) is 5.98. The standard InChI is InChI=1S/C23H26O5/c1-13(2)19-14(10-11-18(25)15-8-6-7-9-17(15)24)12-16(23(3,4)5)21(26)20(19)22(27)28/h6-13,24,26H,1-5H3,(H,27,28). The first kappa shape index (κ1) is 21.2. The fourth-order valence-corrected chi connectivity index (χ4v) is 3.19. The number of carbonyl (C=O) groups excluding carboxylic acids is 1. The molecule has 0 amide bonds. The van der Waals surface area contributed by atoms with E-state index in [2.05, 4.69) is 0 Å². The summed E-state index contributed by atoms with van der Waals surface area (Å²) in [4.78, 5) is 24.4. The number of carboxylic acid groups (broad SMARTS) is 1. The molecule has 0 saturated heterocycles. The van der Waals surface area contributed by atoms with Gasteiger partial charge in [0.2, 0.25) is 0 Å². The lowest BCUT2D eigenvalue weighted by atomic mass is 9.80. The lowest BCUT2D eigenvalue weighted by Crippen LogP contribution is -2.16. The molecule has 0 atom stereocenters. The average molecular weight is 382 g/mol. The molecule has 3 N–H and O–H groups in total. The third-order valence-corrected chi connectivity index (χ3v) is 4.56. The van der Waals surface area contributed by atoms with Crippen LogP contribution in [0.4, 0.5) is 0 Å². The van der Waals surface area contributed by atoms with Gasteiger partial charge in [-0.1, -0.05) is 52.8 Å². The highest BCUT2D eigenvalue weighted by atomic mass is 16.4. The van der Waals surface area contributed by atoms with Gasteiger partial charge < -0.3 is 15.3 Å². The Morgan fingerprint density at radius 3 is 2.18 bits per heavy atom. The van der Waals surface area contributed by atoms with Crippen molar-refractivity contribution in [2.24, 2.45) is 0 Å². The molecule has 0 aliphatic carbocycles. The van der Waals surface area contributed by atoms with Gasteiger partial charge in [-0.05, 0) is 46.7 Å². The van der Waals surface area contributed by atoms with Crippen molar-refractivity contribution in [1.29, 1.82) is 0 Å². The number of ketones is 1. The maximum absolute atomic E-state index is 12.5. The van der Waals surface area contributed by atoms with Gasteiger partial charge in [-0.2, -0.15) is 0 Å². The number of phenolic OH excluding ortho intramolecular Hbond substituents is 1. The van der Waals surface area contributed by atoms with E-state index in [1.54, 1.807) is 24.3 Å². The van der Waals surface area contributed by atoms with Crippen LogP contribution >= 0.6 is 0 Å². The number of hydrogen-bond acceptors (Lipinski definition) is 4. The minimum absolute atomic E-state index is 0.117. The Hall–Kier alpha value is -3.08. The molecule has 0 radical (unpaired) electrons. The molecule has 2 rings (SSSR count). The van der Waals surface area contributed by atoms with Gasteiger partial charge in [0.1, 0.15) is 17.1 Å². The first-order valence-corrected chi connectivity index (χ1v) is 9.09. The van der Waals surface area contributed by atoms with Gasteiger partial charge in [-0.25, -0.2) is 4.79 Å². The number of aromatic hydroxyl groups is 2. The van der Waals surface area contributed by atoms with Gasteiger partial charge in [0, 0.05) is 5.56 Å². The van der Waals surface area contributed by atoms with Crippen molar-refractivity contribution >= 4 is 17.8 Å². The second-order valence-corrected chi connectivity index (χ2v) is 8.08. The molecule has 0 spiro atoms. The zero-order valence-corrected chi connectivity index (χ0v) is 16.8. The maximum Gasteiger partial charge on any atom is 0.339 e. The molecular weight excluding hydrogens is 356 g/mol. The van der Waals surface area contributed by atoms with Crippen LogP contribution in [0.5, 0.6) is 11.5 Å². The molecule has 0 bridgehead atoms. The van der Waals surface area contributed by atoms with Gasteiger partial charge in [0.25, 0.3) is 0 Å². The predicted molar refractivity (Wildman–Crippen MR) is 109 cm³/mol. The monoisotopic (exact) mass is 382 g/mol. The van der Waals surface area contributed by atoms with E-state index in [9.17, 15) is 24.9 Å². The van der Waals surface area contributed by atoms with Crippen LogP contribution in [0.1, 0.15) is 77.9 Å². The summed E-state index contributed by atoms with van der Waals surface area (Å²) in [5.74, 6) is -2.16. The fourth-order valence-electron chi connectivity index (χ4n) is 3.19. The zero-order valence-electron chi connectivity index (χ0n) is 16.8. The molecule has 0 aliphatic heterocycles. The number of phenols is 2. The minimum Gasteiger partial charge on any atom is -0.507 e. The summed E-state index contributed by atoms with van der Waals surface area (Å²) in [5, 5.41) is 30.2. The largest absolute Gasteiger partial charge is 0.507 e. The molecule has 0 unspecified atom stereocenters. The van der Waals surface area contributed by atoms with E-state index in [1.807, 2.05) is 34.6 Å². The van der Waals surface area contributed by atoms with Crippen LogP contribution in [-0.2, 0) is 5.41 Å². The highest BCUT2D eigenvalue weighted by molar-refractivity contribution is 6.08. The number of allylic oxidation sites excluding steroid dienone is 1. The molecular formula is C23H26O5. The van der Waals surface area contributed by atoms with E-state index in [1.165, 1.54) is 18.2 Å². The number of para-hydroxylation sites is 1. The SMILES string of the molecule is CC(C)c1c(C=CC(=O)c2ccccc2O)cc(C(C)(C)C)c(O)c1C(=O)O. The van der Waals surface area contributed by atoms with E-state index in [0.717, 1.165) is 0 Å². The molecule has 0 aliphatic rings. The number of carboxylic acids is 1. The Bertz CT molecular complexity index is 946. The van der Waals surface area contributed by atoms with E-state index in [0.29, 0.717) is 16.7 Å². The summed E-state index contributed by atoms with van der Waals surface area (Å²) >= 11 is 0. The Morgan fingerprint density at radius 2 is 1.68 bits per heavy atom. The predicted octanol–water partition coefficient (Wildman–Crippen LogP) is 5.11. The molecule has 0 aromatic heterocycles. The molecule has 28 heavy (non-hydrogen) atoms. The second kappa shape index (κ2) is 7.89. The molecule has 2 aromatic rings. The summed E-state index contributed by atoms with van der Waals surface area (Å²) in [6, 6.07) is 7.96. The first-order chi connectivity index (χ1) is 12.9. The fraction of sp³-hybridized carbons (Fsp3) is 0.304. The maximum atomic E-state index is 12.5. The molecule has 2 aromatic carbocycles. The highest BCUT2D eigenvalue weighted by Crippen LogP contribution is 2.40. The summed E-state index contributed by atoms with van der Waals surface area (Å²) in [6.45, 7) is 9.30. The van der Waals surface area contributed by atoms with Crippen molar-refractivity contribution in [3.63, 3.8) is 0 Å². The van der Waals surface area contributed by atoms with Crippen LogP contribution in [-0.4, -0.2) is 27.1 Å². The van der Waals surface area contributed by atoms with Crippen LogP contribution in [0, 0.1) is 0 Å². The number of carbonyl (C=O) groups is 2.